The normalized spacial score (nSPS) is 22.0. The molecule has 7 nitrogen and oxygen atoms in total. The van der Waals surface area contributed by atoms with Crippen molar-refractivity contribution in [3.8, 4) is 0 Å². The van der Waals surface area contributed by atoms with Gasteiger partial charge in [-0.05, 0) is 51.1 Å². The molecule has 0 aromatic carbocycles. The molecule has 5 rings (SSSR count). The van der Waals surface area contributed by atoms with E-state index in [4.69, 9.17) is 0 Å². The molecule has 1 atom stereocenters. The number of nitrogens with zero attached hydrogens (tertiary/aromatic N) is 3. The third kappa shape index (κ3) is 4.81. The van der Waals surface area contributed by atoms with Crippen molar-refractivity contribution in [2.75, 3.05) is 31.1 Å². The van der Waals surface area contributed by atoms with Crippen molar-refractivity contribution in [1.29, 1.82) is 0 Å². The van der Waals surface area contributed by atoms with Crippen molar-refractivity contribution in [3.05, 3.63) is 57.5 Å². The van der Waals surface area contributed by atoms with E-state index in [-0.39, 0.29) is 17.3 Å². The molecule has 0 radical (unpaired) electrons. The van der Waals surface area contributed by atoms with Gasteiger partial charge in [-0.15, -0.1) is 0 Å². The molecule has 4 heterocycles. The number of anilines is 1. The molecule has 176 valence electrons. The average Bonchev–Trinajstić information content (AvgIpc) is 3.50. The second kappa shape index (κ2) is 9.25. The third-order valence-electron chi connectivity index (χ3n) is 7.35. The van der Waals surface area contributed by atoms with E-state index in [1.165, 1.54) is 6.07 Å². The first kappa shape index (κ1) is 22.1. The number of carbonyl (C=O) groups excluding carboxylic acids is 1. The standard InChI is InChI=1S/C25H32FN5O2/c1-2-16-3-6-22(29-24(16)32)17-7-10-31(15-17)19-8-11-30(12-9-19)20-13-21(26)23(27-14-20)25(33)28-18-4-5-18/h3,6,13-14,17-19H,2,4-5,7-12,15H2,1H3,(H,28,33)(H,29,32). The van der Waals surface area contributed by atoms with Gasteiger partial charge in [0.2, 0.25) is 0 Å². The van der Waals surface area contributed by atoms with Gasteiger partial charge in [0, 0.05) is 55.0 Å². The molecule has 2 N–H and O–H groups in total. The molecule has 1 saturated carbocycles. The van der Waals surface area contributed by atoms with Gasteiger partial charge in [-0.3, -0.25) is 14.5 Å². The Bertz CT molecular complexity index is 1070. The molecule has 2 aromatic heterocycles. The highest BCUT2D eigenvalue weighted by atomic mass is 19.1. The fourth-order valence-electron chi connectivity index (χ4n) is 5.15. The number of aromatic nitrogens is 2. The molecule has 2 aliphatic heterocycles. The lowest BCUT2D eigenvalue weighted by molar-refractivity contribution is 0.0941. The van der Waals surface area contributed by atoms with Crippen LogP contribution in [0.2, 0.25) is 0 Å². The molecule has 1 unspecified atom stereocenters. The number of halogens is 1. The van der Waals surface area contributed by atoms with E-state index in [2.05, 4.69) is 31.2 Å². The van der Waals surface area contributed by atoms with E-state index in [9.17, 15) is 14.0 Å². The molecular formula is C25H32FN5O2. The van der Waals surface area contributed by atoms with E-state index in [0.29, 0.717) is 12.0 Å². The summed E-state index contributed by atoms with van der Waals surface area (Å²) >= 11 is 0. The summed E-state index contributed by atoms with van der Waals surface area (Å²) in [5.74, 6) is -0.609. The van der Waals surface area contributed by atoms with Gasteiger partial charge in [0.25, 0.3) is 11.5 Å². The van der Waals surface area contributed by atoms with Gasteiger partial charge in [0.1, 0.15) is 0 Å². The van der Waals surface area contributed by atoms with Crippen molar-refractivity contribution >= 4 is 11.6 Å². The number of hydrogen-bond donors (Lipinski definition) is 2. The van der Waals surface area contributed by atoms with Gasteiger partial charge in [0.15, 0.2) is 11.5 Å². The first-order valence-electron chi connectivity index (χ1n) is 12.2. The van der Waals surface area contributed by atoms with Crippen LogP contribution < -0.4 is 15.8 Å². The van der Waals surface area contributed by atoms with Crippen LogP contribution in [0.15, 0.2) is 29.2 Å². The SMILES string of the molecule is CCc1ccc(C2CCN(C3CCN(c4cnc(C(=O)NC5CC5)c(F)c4)CC3)C2)[nH]c1=O. The quantitative estimate of drug-likeness (QED) is 0.703. The molecule has 1 aliphatic carbocycles. The zero-order valence-electron chi connectivity index (χ0n) is 19.1. The molecule has 2 saturated heterocycles. The number of pyridine rings is 2. The van der Waals surface area contributed by atoms with Crippen LogP contribution in [0.3, 0.4) is 0 Å². The number of piperidine rings is 1. The second-order valence-corrected chi connectivity index (χ2v) is 9.59. The molecule has 8 heteroatoms. The highest BCUT2D eigenvalue weighted by molar-refractivity contribution is 5.93. The minimum Gasteiger partial charge on any atom is -0.370 e. The van der Waals surface area contributed by atoms with Crippen LogP contribution in [0.5, 0.6) is 0 Å². The van der Waals surface area contributed by atoms with Crippen LogP contribution in [-0.2, 0) is 6.42 Å². The first-order valence-corrected chi connectivity index (χ1v) is 12.2. The van der Waals surface area contributed by atoms with Crippen molar-refractivity contribution in [2.45, 2.75) is 63.5 Å². The van der Waals surface area contributed by atoms with Crippen LogP contribution in [-0.4, -0.2) is 59.0 Å². The summed E-state index contributed by atoms with van der Waals surface area (Å²) in [6.45, 7) is 5.67. The zero-order chi connectivity index (χ0) is 22.9. The molecule has 1 amide bonds. The number of nitrogens with one attached hydrogen (secondary N) is 2. The van der Waals surface area contributed by atoms with Crippen LogP contribution in [0.4, 0.5) is 10.1 Å². The van der Waals surface area contributed by atoms with Gasteiger partial charge < -0.3 is 15.2 Å². The molecule has 3 aliphatic rings. The number of aromatic amines is 1. The molecule has 0 spiro atoms. The van der Waals surface area contributed by atoms with Gasteiger partial charge in [0.05, 0.1) is 11.9 Å². The Hall–Kier alpha value is -2.74. The molecule has 33 heavy (non-hydrogen) atoms. The molecule has 0 bridgehead atoms. The number of carbonyl (C=O) groups is 1. The Kier molecular flexibility index (Phi) is 6.19. The lowest BCUT2D eigenvalue weighted by Crippen LogP contribution is -2.44. The summed E-state index contributed by atoms with van der Waals surface area (Å²) < 4.78 is 14.5. The van der Waals surface area contributed by atoms with Gasteiger partial charge in [-0.25, -0.2) is 9.37 Å². The number of rotatable bonds is 6. The van der Waals surface area contributed by atoms with Crippen LogP contribution in [0.1, 0.15) is 66.7 Å². The predicted octanol–water partition coefficient (Wildman–Crippen LogP) is 2.82. The van der Waals surface area contributed by atoms with Gasteiger partial charge in [-0.2, -0.15) is 0 Å². The van der Waals surface area contributed by atoms with Crippen molar-refractivity contribution in [3.63, 3.8) is 0 Å². The van der Waals surface area contributed by atoms with E-state index in [1.807, 2.05) is 13.0 Å². The Balaban J connectivity index is 1.16. The number of H-pyrrole nitrogens is 1. The van der Waals surface area contributed by atoms with Crippen molar-refractivity contribution in [1.82, 2.24) is 20.2 Å². The zero-order valence-corrected chi connectivity index (χ0v) is 19.1. The number of likely N-dealkylation sites (tertiary alicyclic amines) is 1. The summed E-state index contributed by atoms with van der Waals surface area (Å²) in [6.07, 6.45) is 7.35. The van der Waals surface area contributed by atoms with E-state index >= 15 is 0 Å². The minimum atomic E-state index is -0.557. The Labute approximate surface area is 193 Å². The number of aryl methyl sites for hydroxylation is 1. The summed E-state index contributed by atoms with van der Waals surface area (Å²) in [5, 5.41) is 2.79. The van der Waals surface area contributed by atoms with Crippen molar-refractivity contribution in [2.24, 2.45) is 0 Å². The maximum Gasteiger partial charge on any atom is 0.273 e. The van der Waals surface area contributed by atoms with Crippen LogP contribution in [0.25, 0.3) is 0 Å². The molecule has 3 fully saturated rings. The second-order valence-electron chi connectivity index (χ2n) is 9.59. The van der Waals surface area contributed by atoms with E-state index < -0.39 is 11.7 Å². The van der Waals surface area contributed by atoms with Gasteiger partial charge in [-0.1, -0.05) is 13.0 Å². The Morgan fingerprint density at radius 3 is 2.64 bits per heavy atom. The highest BCUT2D eigenvalue weighted by Crippen LogP contribution is 2.31. The molecular weight excluding hydrogens is 421 g/mol. The average molecular weight is 454 g/mol. The van der Waals surface area contributed by atoms with Crippen LogP contribution >= 0.6 is 0 Å². The summed E-state index contributed by atoms with van der Waals surface area (Å²) in [7, 11) is 0. The van der Waals surface area contributed by atoms with Gasteiger partial charge >= 0.3 is 0 Å². The predicted molar refractivity (Wildman–Crippen MR) is 125 cm³/mol. The first-order chi connectivity index (χ1) is 16.0. The monoisotopic (exact) mass is 453 g/mol. The Morgan fingerprint density at radius 2 is 1.97 bits per heavy atom. The maximum absolute atomic E-state index is 14.5. The lowest BCUT2D eigenvalue weighted by atomic mass is 10.0. The number of amides is 1. The topological polar surface area (TPSA) is 81.3 Å². The summed E-state index contributed by atoms with van der Waals surface area (Å²) in [5.41, 5.74) is 2.54. The smallest absolute Gasteiger partial charge is 0.273 e. The highest BCUT2D eigenvalue weighted by Gasteiger charge is 2.32. The van der Waals surface area contributed by atoms with Crippen LogP contribution in [0, 0.1) is 5.82 Å². The van der Waals surface area contributed by atoms with Crippen molar-refractivity contribution < 1.29 is 9.18 Å². The molecule has 2 aromatic rings. The largest absolute Gasteiger partial charge is 0.370 e. The van der Waals surface area contributed by atoms with E-state index in [1.54, 1.807) is 6.20 Å². The Morgan fingerprint density at radius 1 is 1.18 bits per heavy atom. The fraction of sp³-hybridized carbons (Fsp3) is 0.560. The summed E-state index contributed by atoms with van der Waals surface area (Å²) in [6, 6.07) is 6.15. The lowest BCUT2D eigenvalue weighted by Gasteiger charge is -2.37. The summed E-state index contributed by atoms with van der Waals surface area (Å²) in [4.78, 5) is 36.2. The minimum absolute atomic E-state index is 0.0404. The van der Waals surface area contributed by atoms with E-state index in [0.717, 1.165) is 81.6 Å². The maximum atomic E-state index is 14.5. The third-order valence-corrected chi connectivity index (χ3v) is 7.35. The fourth-order valence-corrected chi connectivity index (χ4v) is 5.15. The number of hydrogen-bond acceptors (Lipinski definition) is 5.